The molecule has 0 aliphatic rings. The average molecular weight is 129 g/mol. The number of hydrogen-bond donors (Lipinski definition) is 0. The molecule has 0 aliphatic heterocycles. The third-order valence-corrected chi connectivity index (χ3v) is 1.79. The lowest BCUT2D eigenvalue weighted by atomic mass is 9.98. The molecule has 56 valence electrons. The Hall–Kier alpha value is -0.0400. The van der Waals surface area contributed by atoms with Crippen molar-refractivity contribution in [3.8, 4) is 0 Å². The lowest BCUT2D eigenvalue weighted by molar-refractivity contribution is 0.287. The second-order valence-electron chi connectivity index (χ2n) is 3.48. The van der Waals surface area contributed by atoms with E-state index in [9.17, 15) is 0 Å². The summed E-state index contributed by atoms with van der Waals surface area (Å²) in [6.45, 7) is 8.05. The zero-order valence-electron chi connectivity index (χ0n) is 7.31. The van der Waals surface area contributed by atoms with Gasteiger partial charge in [-0.15, -0.1) is 0 Å². The van der Waals surface area contributed by atoms with Crippen LogP contribution in [0.25, 0.3) is 0 Å². The normalized spacial score (nSPS) is 15.0. The Morgan fingerprint density at radius 3 is 1.67 bits per heavy atom. The molecular weight excluding hydrogens is 110 g/mol. The van der Waals surface area contributed by atoms with Crippen LogP contribution in [0.5, 0.6) is 0 Å². The molecule has 0 aliphatic carbocycles. The maximum Gasteiger partial charge on any atom is 0.000336 e. The first-order chi connectivity index (χ1) is 4.04. The average Bonchev–Trinajstić information content (AvgIpc) is 1.63. The summed E-state index contributed by atoms with van der Waals surface area (Å²) in [7, 11) is 4.25. The standard InChI is InChI=1S/C8H19N/c1-7(2)8(3)6-9(4)5/h7-8H,6H2,1-5H3/t8-/m0/s1. The van der Waals surface area contributed by atoms with Gasteiger partial charge in [0.2, 0.25) is 0 Å². The van der Waals surface area contributed by atoms with Gasteiger partial charge in [0, 0.05) is 6.54 Å². The van der Waals surface area contributed by atoms with E-state index >= 15 is 0 Å². The van der Waals surface area contributed by atoms with Gasteiger partial charge >= 0.3 is 0 Å². The highest BCUT2D eigenvalue weighted by Crippen LogP contribution is 2.09. The Labute approximate surface area is 59.1 Å². The van der Waals surface area contributed by atoms with Crippen LogP contribution in [-0.4, -0.2) is 25.5 Å². The van der Waals surface area contributed by atoms with Crippen LogP contribution in [0.1, 0.15) is 20.8 Å². The van der Waals surface area contributed by atoms with Crippen LogP contribution in [0.15, 0.2) is 0 Å². The van der Waals surface area contributed by atoms with Gasteiger partial charge in [0.15, 0.2) is 0 Å². The summed E-state index contributed by atoms with van der Waals surface area (Å²) in [6.07, 6.45) is 0. The van der Waals surface area contributed by atoms with Crippen molar-refractivity contribution < 1.29 is 0 Å². The van der Waals surface area contributed by atoms with Crippen LogP contribution in [0.2, 0.25) is 0 Å². The quantitative estimate of drug-likeness (QED) is 0.562. The first-order valence-electron chi connectivity index (χ1n) is 3.68. The van der Waals surface area contributed by atoms with E-state index in [0.29, 0.717) is 0 Å². The molecule has 0 aromatic rings. The zero-order chi connectivity index (χ0) is 7.44. The fourth-order valence-corrected chi connectivity index (χ4v) is 0.787. The molecule has 0 aromatic heterocycles. The van der Waals surface area contributed by atoms with Crippen molar-refractivity contribution in [3.05, 3.63) is 0 Å². The van der Waals surface area contributed by atoms with Gasteiger partial charge < -0.3 is 4.90 Å². The van der Waals surface area contributed by atoms with E-state index in [4.69, 9.17) is 0 Å². The molecule has 0 aromatic carbocycles. The second kappa shape index (κ2) is 3.89. The van der Waals surface area contributed by atoms with E-state index in [-0.39, 0.29) is 0 Å². The van der Waals surface area contributed by atoms with Crippen LogP contribution >= 0.6 is 0 Å². The molecular formula is C8H19N. The monoisotopic (exact) mass is 129 g/mol. The molecule has 0 spiro atoms. The van der Waals surface area contributed by atoms with E-state index in [1.807, 2.05) is 0 Å². The Morgan fingerprint density at radius 2 is 1.56 bits per heavy atom. The minimum Gasteiger partial charge on any atom is -0.309 e. The van der Waals surface area contributed by atoms with Crippen LogP contribution in [-0.2, 0) is 0 Å². The summed E-state index contributed by atoms with van der Waals surface area (Å²) in [5.74, 6) is 1.63. The highest BCUT2D eigenvalue weighted by molar-refractivity contribution is 4.58. The second-order valence-corrected chi connectivity index (χ2v) is 3.48. The van der Waals surface area contributed by atoms with Gasteiger partial charge in [-0.1, -0.05) is 20.8 Å². The zero-order valence-corrected chi connectivity index (χ0v) is 7.31. The molecule has 0 unspecified atom stereocenters. The lowest BCUT2D eigenvalue weighted by Crippen LogP contribution is -2.22. The number of rotatable bonds is 3. The van der Waals surface area contributed by atoms with Crippen LogP contribution < -0.4 is 0 Å². The summed E-state index contributed by atoms with van der Waals surface area (Å²) < 4.78 is 0. The molecule has 0 radical (unpaired) electrons. The van der Waals surface area contributed by atoms with E-state index in [1.54, 1.807) is 0 Å². The molecule has 0 N–H and O–H groups in total. The fourth-order valence-electron chi connectivity index (χ4n) is 0.787. The number of nitrogens with zero attached hydrogens (tertiary/aromatic N) is 1. The predicted octanol–water partition coefficient (Wildman–Crippen LogP) is 1.84. The fraction of sp³-hybridized carbons (Fsp3) is 1.00. The van der Waals surface area contributed by atoms with Crippen LogP contribution in [0, 0.1) is 11.8 Å². The van der Waals surface area contributed by atoms with Crippen molar-refractivity contribution in [1.29, 1.82) is 0 Å². The van der Waals surface area contributed by atoms with Crippen molar-refractivity contribution >= 4 is 0 Å². The third-order valence-electron chi connectivity index (χ3n) is 1.79. The third kappa shape index (κ3) is 4.46. The van der Waals surface area contributed by atoms with Crippen molar-refractivity contribution in [2.75, 3.05) is 20.6 Å². The van der Waals surface area contributed by atoms with E-state index < -0.39 is 0 Å². The Morgan fingerprint density at radius 1 is 1.11 bits per heavy atom. The topological polar surface area (TPSA) is 3.24 Å². The van der Waals surface area contributed by atoms with Gasteiger partial charge in [-0.25, -0.2) is 0 Å². The highest BCUT2D eigenvalue weighted by Gasteiger charge is 2.06. The van der Waals surface area contributed by atoms with Gasteiger partial charge in [-0.05, 0) is 25.9 Å². The molecule has 0 fully saturated rings. The van der Waals surface area contributed by atoms with Crippen molar-refractivity contribution in [2.45, 2.75) is 20.8 Å². The van der Waals surface area contributed by atoms with Crippen molar-refractivity contribution in [3.63, 3.8) is 0 Å². The van der Waals surface area contributed by atoms with E-state index in [2.05, 4.69) is 39.8 Å². The Kier molecular flexibility index (Phi) is 3.87. The summed E-state index contributed by atoms with van der Waals surface area (Å²) in [4.78, 5) is 2.24. The molecule has 1 heteroatoms. The van der Waals surface area contributed by atoms with Crippen LogP contribution in [0.3, 0.4) is 0 Å². The minimum atomic E-state index is 0.812. The molecule has 0 saturated heterocycles. The van der Waals surface area contributed by atoms with Gasteiger partial charge in [0.25, 0.3) is 0 Å². The Bertz CT molecular complexity index is 67.0. The molecule has 0 saturated carbocycles. The molecule has 9 heavy (non-hydrogen) atoms. The van der Waals surface area contributed by atoms with E-state index in [1.165, 1.54) is 6.54 Å². The molecule has 0 heterocycles. The first-order valence-corrected chi connectivity index (χ1v) is 3.68. The summed E-state index contributed by atoms with van der Waals surface area (Å²) in [6, 6.07) is 0. The molecule has 1 atom stereocenters. The minimum absolute atomic E-state index is 0.812. The summed E-state index contributed by atoms with van der Waals surface area (Å²) >= 11 is 0. The smallest absolute Gasteiger partial charge is 0.000336 e. The van der Waals surface area contributed by atoms with Crippen molar-refractivity contribution in [2.24, 2.45) is 11.8 Å². The molecule has 0 rings (SSSR count). The largest absolute Gasteiger partial charge is 0.309 e. The SMILES string of the molecule is CC(C)[C@@H](C)CN(C)C. The first kappa shape index (κ1) is 8.96. The van der Waals surface area contributed by atoms with Crippen LogP contribution in [0.4, 0.5) is 0 Å². The molecule has 0 amide bonds. The van der Waals surface area contributed by atoms with E-state index in [0.717, 1.165) is 11.8 Å². The lowest BCUT2D eigenvalue weighted by Gasteiger charge is -2.19. The van der Waals surface area contributed by atoms with Gasteiger partial charge in [-0.2, -0.15) is 0 Å². The van der Waals surface area contributed by atoms with Gasteiger partial charge in [-0.3, -0.25) is 0 Å². The highest BCUT2D eigenvalue weighted by atomic mass is 15.1. The van der Waals surface area contributed by atoms with Gasteiger partial charge in [0.1, 0.15) is 0 Å². The number of hydrogen-bond acceptors (Lipinski definition) is 1. The predicted molar refractivity (Wildman–Crippen MR) is 42.6 cm³/mol. The van der Waals surface area contributed by atoms with Gasteiger partial charge in [0.05, 0.1) is 0 Å². The molecule has 0 bridgehead atoms. The summed E-state index contributed by atoms with van der Waals surface area (Å²) in [5.41, 5.74) is 0. The Balaban J connectivity index is 3.38. The van der Waals surface area contributed by atoms with Crippen molar-refractivity contribution in [1.82, 2.24) is 4.90 Å². The molecule has 1 nitrogen and oxygen atoms in total. The maximum atomic E-state index is 2.30. The maximum absolute atomic E-state index is 2.30. The summed E-state index contributed by atoms with van der Waals surface area (Å²) in [5, 5.41) is 0.